The van der Waals surface area contributed by atoms with E-state index in [1.807, 2.05) is 6.20 Å². The predicted molar refractivity (Wildman–Crippen MR) is 58.2 cm³/mol. The quantitative estimate of drug-likeness (QED) is 0.632. The molecule has 14 heavy (non-hydrogen) atoms. The molecule has 0 aliphatic rings. The summed E-state index contributed by atoms with van der Waals surface area (Å²) in [6.07, 6.45) is 3.43. The molecule has 2 aromatic rings. The zero-order valence-electron chi connectivity index (χ0n) is 8.78. The molecule has 0 aliphatic carbocycles. The minimum atomic E-state index is 0.180. The summed E-state index contributed by atoms with van der Waals surface area (Å²) in [5.74, 6) is 0. The second-order valence-electron chi connectivity index (χ2n) is 4.55. The lowest BCUT2D eigenvalue weighted by molar-refractivity contribution is 0.591. The largest absolute Gasteiger partial charge is 0.244 e. The highest BCUT2D eigenvalue weighted by molar-refractivity contribution is 5.78. The van der Waals surface area contributed by atoms with Gasteiger partial charge in [0.05, 0.1) is 5.52 Å². The van der Waals surface area contributed by atoms with Gasteiger partial charge >= 0.3 is 0 Å². The summed E-state index contributed by atoms with van der Waals surface area (Å²) in [4.78, 5) is 8.24. The zero-order chi connectivity index (χ0) is 10.2. The van der Waals surface area contributed by atoms with E-state index < -0.39 is 0 Å². The summed E-state index contributed by atoms with van der Waals surface area (Å²) in [6.45, 7) is 6.61. The Kier molecular flexibility index (Phi) is 1.99. The van der Waals surface area contributed by atoms with Gasteiger partial charge in [-0.15, -0.1) is 0 Å². The van der Waals surface area contributed by atoms with Gasteiger partial charge in [-0.2, -0.15) is 0 Å². The molecule has 2 nitrogen and oxygen atoms in total. The number of hydrogen-bond acceptors (Lipinski definition) is 2. The molecule has 1 heterocycles. The van der Waals surface area contributed by atoms with E-state index in [1.165, 1.54) is 5.56 Å². The normalized spacial score (nSPS) is 11.9. The van der Waals surface area contributed by atoms with Crippen LogP contribution in [0.1, 0.15) is 26.3 Å². The molecule has 0 fully saturated rings. The molecule has 2 rings (SSSR count). The average molecular weight is 186 g/mol. The van der Waals surface area contributed by atoms with Crippen molar-refractivity contribution in [3.8, 4) is 0 Å². The van der Waals surface area contributed by atoms with Crippen molar-refractivity contribution in [3.63, 3.8) is 0 Å². The van der Waals surface area contributed by atoms with Crippen LogP contribution in [0.5, 0.6) is 0 Å². The van der Waals surface area contributed by atoms with E-state index in [0.29, 0.717) is 0 Å². The maximum atomic E-state index is 4.24. The van der Waals surface area contributed by atoms with Crippen LogP contribution in [0.25, 0.3) is 10.9 Å². The highest BCUT2D eigenvalue weighted by Gasteiger charge is 2.13. The Morgan fingerprint density at radius 3 is 2.64 bits per heavy atom. The van der Waals surface area contributed by atoms with Crippen LogP contribution < -0.4 is 0 Å². The number of hydrogen-bond donors (Lipinski definition) is 0. The number of fused-ring (bicyclic) bond motifs is 1. The van der Waals surface area contributed by atoms with E-state index >= 15 is 0 Å². The van der Waals surface area contributed by atoms with E-state index in [2.05, 4.69) is 48.9 Å². The monoisotopic (exact) mass is 186 g/mol. The van der Waals surface area contributed by atoms with Crippen molar-refractivity contribution >= 4 is 10.9 Å². The molecule has 0 amide bonds. The van der Waals surface area contributed by atoms with Crippen LogP contribution in [-0.2, 0) is 5.41 Å². The van der Waals surface area contributed by atoms with E-state index in [0.717, 1.165) is 10.9 Å². The molecule has 0 bridgehead atoms. The van der Waals surface area contributed by atoms with Gasteiger partial charge in [-0.3, -0.25) is 0 Å². The lowest BCUT2D eigenvalue weighted by atomic mass is 9.87. The van der Waals surface area contributed by atoms with Crippen LogP contribution in [0.15, 0.2) is 30.7 Å². The molecular formula is C12H14N2. The van der Waals surface area contributed by atoms with Gasteiger partial charge in [0.25, 0.3) is 0 Å². The number of nitrogens with zero attached hydrogens (tertiary/aromatic N) is 2. The standard InChI is InChI=1S/C12H14N2/c1-12(2,3)10-5-4-9-7-13-8-14-11(9)6-10/h4-8H,1-3H3. The fourth-order valence-electron chi connectivity index (χ4n) is 1.44. The summed E-state index contributed by atoms with van der Waals surface area (Å²) in [6, 6.07) is 6.36. The Balaban J connectivity index is 2.63. The second-order valence-corrected chi connectivity index (χ2v) is 4.55. The van der Waals surface area contributed by atoms with Crippen LogP contribution in [0.2, 0.25) is 0 Å². The maximum Gasteiger partial charge on any atom is 0.116 e. The first-order valence-corrected chi connectivity index (χ1v) is 4.77. The third kappa shape index (κ3) is 1.60. The minimum Gasteiger partial charge on any atom is -0.244 e. The molecule has 0 N–H and O–H groups in total. The Bertz CT molecular complexity index is 455. The van der Waals surface area contributed by atoms with Crippen LogP contribution in [0.3, 0.4) is 0 Å². The second kappa shape index (κ2) is 3.05. The van der Waals surface area contributed by atoms with Gasteiger partial charge in [-0.05, 0) is 17.0 Å². The minimum absolute atomic E-state index is 0.180. The lowest BCUT2D eigenvalue weighted by Crippen LogP contribution is -2.10. The van der Waals surface area contributed by atoms with Crippen molar-refractivity contribution < 1.29 is 0 Å². The topological polar surface area (TPSA) is 25.8 Å². The van der Waals surface area contributed by atoms with Crippen molar-refractivity contribution in [3.05, 3.63) is 36.3 Å². The Hall–Kier alpha value is -1.44. The van der Waals surface area contributed by atoms with E-state index in [9.17, 15) is 0 Å². The van der Waals surface area contributed by atoms with Crippen molar-refractivity contribution in [1.29, 1.82) is 0 Å². The number of rotatable bonds is 0. The Labute approximate surface area is 84.0 Å². The molecule has 0 spiro atoms. The molecule has 1 aromatic heterocycles. The highest BCUT2D eigenvalue weighted by atomic mass is 14.8. The highest BCUT2D eigenvalue weighted by Crippen LogP contribution is 2.24. The summed E-state index contributed by atoms with van der Waals surface area (Å²) >= 11 is 0. The van der Waals surface area contributed by atoms with Crippen LogP contribution in [-0.4, -0.2) is 9.97 Å². The number of aromatic nitrogens is 2. The smallest absolute Gasteiger partial charge is 0.116 e. The fourth-order valence-corrected chi connectivity index (χ4v) is 1.44. The van der Waals surface area contributed by atoms with Gasteiger partial charge in [-0.25, -0.2) is 9.97 Å². The van der Waals surface area contributed by atoms with Crippen molar-refractivity contribution in [1.82, 2.24) is 9.97 Å². The molecule has 72 valence electrons. The van der Waals surface area contributed by atoms with Gasteiger partial charge in [0, 0.05) is 11.6 Å². The molecule has 0 aliphatic heterocycles. The molecule has 0 saturated heterocycles. The van der Waals surface area contributed by atoms with Gasteiger partial charge in [-0.1, -0.05) is 32.9 Å². The third-order valence-corrected chi connectivity index (χ3v) is 2.37. The van der Waals surface area contributed by atoms with Crippen molar-refractivity contribution in [2.24, 2.45) is 0 Å². The van der Waals surface area contributed by atoms with Gasteiger partial charge in [0.1, 0.15) is 6.33 Å². The van der Waals surface area contributed by atoms with Crippen molar-refractivity contribution in [2.75, 3.05) is 0 Å². The molecule has 1 aromatic carbocycles. The summed E-state index contributed by atoms with van der Waals surface area (Å²) < 4.78 is 0. The summed E-state index contributed by atoms with van der Waals surface area (Å²) in [5, 5.41) is 1.10. The molecule has 0 radical (unpaired) electrons. The zero-order valence-corrected chi connectivity index (χ0v) is 8.78. The molecule has 0 unspecified atom stereocenters. The lowest BCUT2D eigenvalue weighted by Gasteiger charge is -2.18. The first kappa shape index (κ1) is 9.13. The SMILES string of the molecule is CC(C)(C)c1ccc2cncnc2c1. The van der Waals surface area contributed by atoms with E-state index in [-0.39, 0.29) is 5.41 Å². The van der Waals surface area contributed by atoms with Gasteiger partial charge in [0.15, 0.2) is 0 Å². The molecular weight excluding hydrogens is 172 g/mol. The molecule has 0 atom stereocenters. The first-order valence-electron chi connectivity index (χ1n) is 4.77. The predicted octanol–water partition coefficient (Wildman–Crippen LogP) is 2.93. The third-order valence-electron chi connectivity index (χ3n) is 2.37. The maximum absolute atomic E-state index is 4.24. The van der Waals surface area contributed by atoms with Crippen LogP contribution >= 0.6 is 0 Å². The van der Waals surface area contributed by atoms with Crippen LogP contribution in [0, 0.1) is 0 Å². The van der Waals surface area contributed by atoms with E-state index in [1.54, 1.807) is 6.33 Å². The molecule has 0 saturated carbocycles. The van der Waals surface area contributed by atoms with Gasteiger partial charge in [0.2, 0.25) is 0 Å². The Morgan fingerprint density at radius 1 is 1.14 bits per heavy atom. The van der Waals surface area contributed by atoms with Crippen LogP contribution in [0.4, 0.5) is 0 Å². The first-order chi connectivity index (χ1) is 6.57. The molecule has 2 heteroatoms. The van der Waals surface area contributed by atoms with Gasteiger partial charge < -0.3 is 0 Å². The number of benzene rings is 1. The Morgan fingerprint density at radius 2 is 1.93 bits per heavy atom. The summed E-state index contributed by atoms with van der Waals surface area (Å²) in [7, 11) is 0. The fraction of sp³-hybridized carbons (Fsp3) is 0.333. The van der Waals surface area contributed by atoms with E-state index in [4.69, 9.17) is 0 Å². The van der Waals surface area contributed by atoms with Crippen molar-refractivity contribution in [2.45, 2.75) is 26.2 Å². The average Bonchev–Trinajstić information content (AvgIpc) is 2.16. The summed E-state index contributed by atoms with van der Waals surface area (Å²) in [5.41, 5.74) is 2.51.